The highest BCUT2D eigenvalue weighted by Gasteiger charge is 2.08. The second kappa shape index (κ2) is 6.92. The number of rotatable bonds is 6. The number of aliphatic hydroxyl groups is 1. The summed E-state index contributed by atoms with van der Waals surface area (Å²) in [5.41, 5.74) is 0. The molecule has 0 aromatic carbocycles. The molecule has 2 rings (SSSR count). The number of carbonyl (C=O) groups excluding carboxylic acids is 1. The van der Waals surface area contributed by atoms with Crippen LogP contribution in [0.1, 0.15) is 23.2 Å². The molecule has 4 nitrogen and oxygen atoms in total. The maximum Gasteiger partial charge on any atom is 0.244 e. The third-order valence-corrected chi connectivity index (χ3v) is 3.50. The van der Waals surface area contributed by atoms with Crippen molar-refractivity contribution >= 4 is 23.3 Å². The highest BCUT2D eigenvalue weighted by Crippen LogP contribution is 2.20. The van der Waals surface area contributed by atoms with Crippen molar-refractivity contribution in [3.63, 3.8) is 0 Å². The molecule has 0 saturated carbocycles. The molecule has 2 aromatic heterocycles. The van der Waals surface area contributed by atoms with Crippen LogP contribution in [0.2, 0.25) is 0 Å². The number of hydrogen-bond acceptors (Lipinski definition) is 4. The fourth-order valence-electron chi connectivity index (χ4n) is 1.56. The Balaban J connectivity index is 1.69. The Morgan fingerprint density at radius 3 is 3.05 bits per heavy atom. The second-order valence-electron chi connectivity index (χ2n) is 3.96. The summed E-state index contributed by atoms with van der Waals surface area (Å²) in [6, 6.07) is 7.31. The van der Waals surface area contributed by atoms with Gasteiger partial charge in [0, 0.05) is 17.5 Å². The zero-order valence-electron chi connectivity index (χ0n) is 10.3. The van der Waals surface area contributed by atoms with Gasteiger partial charge < -0.3 is 14.8 Å². The predicted octanol–water partition coefficient (Wildman–Crippen LogP) is 2.59. The van der Waals surface area contributed by atoms with Gasteiger partial charge in [-0.2, -0.15) is 0 Å². The number of thiophene rings is 1. The molecule has 2 heterocycles. The van der Waals surface area contributed by atoms with Crippen molar-refractivity contribution < 1.29 is 14.3 Å². The van der Waals surface area contributed by atoms with Crippen molar-refractivity contribution in [1.29, 1.82) is 0 Å². The second-order valence-corrected chi connectivity index (χ2v) is 4.94. The molecule has 100 valence electrons. The summed E-state index contributed by atoms with van der Waals surface area (Å²) in [6.07, 6.45) is 4.55. The average molecular weight is 277 g/mol. The first-order valence-corrected chi connectivity index (χ1v) is 6.84. The Labute approximate surface area is 115 Å². The molecule has 0 aliphatic heterocycles. The van der Waals surface area contributed by atoms with E-state index in [1.807, 2.05) is 17.5 Å². The van der Waals surface area contributed by atoms with Gasteiger partial charge in [0.05, 0.1) is 12.4 Å². The molecule has 0 aliphatic carbocycles. The monoisotopic (exact) mass is 277 g/mol. The highest BCUT2D eigenvalue weighted by molar-refractivity contribution is 7.10. The first-order chi connectivity index (χ1) is 9.25. The zero-order chi connectivity index (χ0) is 13.5. The van der Waals surface area contributed by atoms with Crippen molar-refractivity contribution in [3.05, 3.63) is 52.6 Å². The smallest absolute Gasteiger partial charge is 0.244 e. The van der Waals surface area contributed by atoms with E-state index in [0.29, 0.717) is 18.7 Å². The molecule has 0 bridgehead atoms. The summed E-state index contributed by atoms with van der Waals surface area (Å²) in [7, 11) is 0. The SMILES string of the molecule is O=C(/C=C/c1ccco1)NCCC(O)c1cccs1. The molecule has 5 heteroatoms. The van der Waals surface area contributed by atoms with E-state index in [4.69, 9.17) is 4.42 Å². The number of aliphatic hydroxyl groups excluding tert-OH is 1. The molecule has 1 unspecified atom stereocenters. The minimum atomic E-state index is -0.519. The van der Waals surface area contributed by atoms with E-state index >= 15 is 0 Å². The summed E-state index contributed by atoms with van der Waals surface area (Å²) in [6.45, 7) is 0.431. The minimum Gasteiger partial charge on any atom is -0.465 e. The van der Waals surface area contributed by atoms with Crippen LogP contribution in [0.15, 0.2) is 46.4 Å². The van der Waals surface area contributed by atoms with E-state index in [1.165, 1.54) is 17.4 Å². The minimum absolute atomic E-state index is 0.199. The largest absolute Gasteiger partial charge is 0.465 e. The van der Waals surface area contributed by atoms with Gasteiger partial charge in [0.2, 0.25) is 5.91 Å². The molecule has 0 spiro atoms. The van der Waals surface area contributed by atoms with Gasteiger partial charge in [0.1, 0.15) is 5.76 Å². The molecule has 2 aromatic rings. The zero-order valence-corrected chi connectivity index (χ0v) is 11.1. The molecule has 0 fully saturated rings. The van der Waals surface area contributed by atoms with Crippen molar-refractivity contribution in [3.8, 4) is 0 Å². The summed E-state index contributed by atoms with van der Waals surface area (Å²) in [5.74, 6) is 0.434. The van der Waals surface area contributed by atoms with Gasteiger partial charge in [-0.15, -0.1) is 11.3 Å². The van der Waals surface area contributed by atoms with Crippen molar-refractivity contribution in [2.24, 2.45) is 0 Å². The van der Waals surface area contributed by atoms with E-state index in [-0.39, 0.29) is 5.91 Å². The summed E-state index contributed by atoms with van der Waals surface area (Å²) >= 11 is 1.51. The quantitative estimate of drug-likeness (QED) is 0.798. The first kappa shape index (κ1) is 13.6. The third kappa shape index (κ3) is 4.39. The fourth-order valence-corrected chi connectivity index (χ4v) is 2.30. The van der Waals surface area contributed by atoms with Gasteiger partial charge in [-0.3, -0.25) is 4.79 Å². The number of hydrogen-bond donors (Lipinski definition) is 2. The highest BCUT2D eigenvalue weighted by atomic mass is 32.1. The van der Waals surface area contributed by atoms with E-state index in [2.05, 4.69) is 5.32 Å². The molecule has 0 radical (unpaired) electrons. The molecular formula is C14H15NO3S. The van der Waals surface area contributed by atoms with Crippen LogP contribution >= 0.6 is 11.3 Å². The third-order valence-electron chi connectivity index (χ3n) is 2.53. The van der Waals surface area contributed by atoms with Crippen LogP contribution in [0.3, 0.4) is 0 Å². The predicted molar refractivity (Wildman–Crippen MR) is 74.6 cm³/mol. The van der Waals surface area contributed by atoms with Crippen molar-refractivity contribution in [2.45, 2.75) is 12.5 Å². The van der Waals surface area contributed by atoms with Gasteiger partial charge in [0.25, 0.3) is 0 Å². The van der Waals surface area contributed by atoms with Crippen LogP contribution in [0, 0.1) is 0 Å². The number of nitrogens with one attached hydrogen (secondary N) is 1. The Morgan fingerprint density at radius 1 is 1.47 bits per heavy atom. The number of amides is 1. The van der Waals surface area contributed by atoms with Gasteiger partial charge in [-0.25, -0.2) is 0 Å². The maximum atomic E-state index is 11.5. The van der Waals surface area contributed by atoms with E-state index < -0.39 is 6.10 Å². The Bertz CT molecular complexity index is 517. The average Bonchev–Trinajstić information content (AvgIpc) is 3.09. The Hall–Kier alpha value is -1.85. The van der Waals surface area contributed by atoms with E-state index in [9.17, 15) is 9.90 Å². The summed E-state index contributed by atoms with van der Waals surface area (Å²) < 4.78 is 5.07. The number of furan rings is 1. The van der Waals surface area contributed by atoms with Crippen LogP contribution in [0.4, 0.5) is 0 Å². The Morgan fingerprint density at radius 2 is 2.37 bits per heavy atom. The lowest BCUT2D eigenvalue weighted by Gasteiger charge is -2.08. The van der Waals surface area contributed by atoms with E-state index in [0.717, 1.165) is 4.88 Å². The Kier molecular flexibility index (Phi) is 4.94. The van der Waals surface area contributed by atoms with Gasteiger partial charge in [-0.05, 0) is 36.1 Å². The van der Waals surface area contributed by atoms with E-state index in [1.54, 1.807) is 24.5 Å². The maximum absolute atomic E-state index is 11.5. The van der Waals surface area contributed by atoms with Gasteiger partial charge in [-0.1, -0.05) is 6.07 Å². The van der Waals surface area contributed by atoms with Gasteiger partial charge in [0.15, 0.2) is 0 Å². The molecule has 1 atom stereocenters. The van der Waals surface area contributed by atoms with Crippen molar-refractivity contribution in [2.75, 3.05) is 6.54 Å². The van der Waals surface area contributed by atoms with Crippen LogP contribution in [-0.4, -0.2) is 17.6 Å². The topological polar surface area (TPSA) is 62.5 Å². The van der Waals surface area contributed by atoms with Gasteiger partial charge >= 0.3 is 0 Å². The fraction of sp³-hybridized carbons (Fsp3) is 0.214. The summed E-state index contributed by atoms with van der Waals surface area (Å²) in [4.78, 5) is 12.4. The van der Waals surface area contributed by atoms with Crippen LogP contribution in [-0.2, 0) is 4.79 Å². The van der Waals surface area contributed by atoms with Crippen LogP contribution in [0.25, 0.3) is 6.08 Å². The lowest BCUT2D eigenvalue weighted by atomic mass is 10.2. The molecule has 1 amide bonds. The molecule has 0 aliphatic rings. The molecule has 2 N–H and O–H groups in total. The molecular weight excluding hydrogens is 262 g/mol. The normalized spacial score (nSPS) is 12.7. The molecule has 19 heavy (non-hydrogen) atoms. The van der Waals surface area contributed by atoms with Crippen LogP contribution < -0.4 is 5.32 Å². The van der Waals surface area contributed by atoms with Crippen molar-refractivity contribution in [1.82, 2.24) is 5.32 Å². The standard InChI is InChI=1S/C14H15NO3S/c16-12(13-4-2-10-19-13)7-8-15-14(17)6-5-11-3-1-9-18-11/h1-6,9-10,12,16H,7-8H2,(H,15,17)/b6-5+. The van der Waals surface area contributed by atoms with Crippen LogP contribution in [0.5, 0.6) is 0 Å². The lowest BCUT2D eigenvalue weighted by Crippen LogP contribution is -2.23. The lowest BCUT2D eigenvalue weighted by molar-refractivity contribution is -0.116. The summed E-state index contributed by atoms with van der Waals surface area (Å²) in [5, 5.41) is 14.5. The first-order valence-electron chi connectivity index (χ1n) is 5.96. The number of carbonyl (C=O) groups is 1. The molecule has 0 saturated heterocycles.